The number of hydrogen-bond donors (Lipinski definition) is 3. The van der Waals surface area contributed by atoms with Crippen LogP contribution in [0.25, 0.3) is 0 Å². The lowest BCUT2D eigenvalue weighted by Crippen LogP contribution is -2.53. The predicted octanol–water partition coefficient (Wildman–Crippen LogP) is 0.0609. The first-order valence-corrected chi connectivity index (χ1v) is 6.65. The van der Waals surface area contributed by atoms with Crippen LogP contribution in [0.1, 0.15) is 19.8 Å². The van der Waals surface area contributed by atoms with Gasteiger partial charge >= 0.3 is 5.97 Å². The van der Waals surface area contributed by atoms with Crippen molar-refractivity contribution < 1.29 is 14.7 Å². The molecule has 0 saturated carbocycles. The smallest absolute Gasteiger partial charge is 0.326 e. The molecule has 1 rings (SSSR count). The monoisotopic (exact) mass is 246 g/mol. The highest BCUT2D eigenvalue weighted by Crippen LogP contribution is 2.08. The molecular formula is C10H18N2O3S. The fraction of sp³-hybridized carbons (Fsp3) is 0.800. The molecule has 1 aliphatic heterocycles. The lowest BCUT2D eigenvalue weighted by atomic mass is 10.1. The summed E-state index contributed by atoms with van der Waals surface area (Å²) in [6.07, 6.45) is 1.21. The Morgan fingerprint density at radius 1 is 1.62 bits per heavy atom. The van der Waals surface area contributed by atoms with E-state index in [0.717, 1.165) is 18.7 Å². The van der Waals surface area contributed by atoms with E-state index >= 15 is 0 Å². The van der Waals surface area contributed by atoms with Crippen LogP contribution in [0.5, 0.6) is 0 Å². The fourth-order valence-electron chi connectivity index (χ4n) is 1.55. The van der Waals surface area contributed by atoms with Gasteiger partial charge < -0.3 is 15.7 Å². The molecule has 16 heavy (non-hydrogen) atoms. The second kappa shape index (κ2) is 6.75. The molecule has 1 amide bonds. The Morgan fingerprint density at radius 2 is 2.38 bits per heavy atom. The van der Waals surface area contributed by atoms with Crippen LogP contribution in [0.3, 0.4) is 0 Å². The van der Waals surface area contributed by atoms with E-state index in [1.807, 2.05) is 6.92 Å². The number of thioether (sulfide) groups is 1. The van der Waals surface area contributed by atoms with E-state index in [-0.39, 0.29) is 11.9 Å². The minimum absolute atomic E-state index is 0.201. The van der Waals surface area contributed by atoms with Crippen molar-refractivity contribution in [1.29, 1.82) is 0 Å². The molecule has 5 nitrogen and oxygen atoms in total. The molecule has 1 aliphatic rings. The number of aliphatic carboxylic acids is 1. The number of carbonyl (C=O) groups excluding carboxylic acids is 1. The number of carboxylic acid groups (broad SMARTS) is 1. The molecular weight excluding hydrogens is 228 g/mol. The van der Waals surface area contributed by atoms with Gasteiger partial charge in [0.1, 0.15) is 6.04 Å². The van der Waals surface area contributed by atoms with Crippen LogP contribution in [-0.4, -0.2) is 47.1 Å². The molecule has 0 aromatic rings. The van der Waals surface area contributed by atoms with Gasteiger partial charge in [-0.3, -0.25) is 4.79 Å². The average molecular weight is 246 g/mol. The standard InChI is InChI=1S/C10H18N2O3S/c1-2-3-7(10(14)15)12-9(13)8-6-16-5-4-11-8/h7-8,11H,2-6H2,1H3,(H,12,13)(H,14,15). The largest absolute Gasteiger partial charge is 0.480 e. The molecule has 1 fully saturated rings. The second-order valence-electron chi connectivity index (χ2n) is 3.77. The van der Waals surface area contributed by atoms with Crippen molar-refractivity contribution in [2.45, 2.75) is 31.8 Å². The van der Waals surface area contributed by atoms with Crippen LogP contribution in [0.4, 0.5) is 0 Å². The Balaban J connectivity index is 2.43. The summed E-state index contributed by atoms with van der Waals surface area (Å²) >= 11 is 1.71. The Kier molecular flexibility index (Phi) is 5.62. The van der Waals surface area contributed by atoms with Gasteiger partial charge in [-0.25, -0.2) is 4.79 Å². The molecule has 2 unspecified atom stereocenters. The van der Waals surface area contributed by atoms with Gasteiger partial charge in [0.05, 0.1) is 6.04 Å². The summed E-state index contributed by atoms with van der Waals surface area (Å²) in [5.74, 6) is 0.553. The summed E-state index contributed by atoms with van der Waals surface area (Å²) in [7, 11) is 0. The van der Waals surface area contributed by atoms with E-state index in [4.69, 9.17) is 5.11 Å². The molecule has 1 saturated heterocycles. The van der Waals surface area contributed by atoms with Crippen molar-refractivity contribution >= 4 is 23.6 Å². The highest BCUT2D eigenvalue weighted by atomic mass is 32.2. The Hall–Kier alpha value is -0.750. The topological polar surface area (TPSA) is 78.4 Å². The van der Waals surface area contributed by atoms with Crippen molar-refractivity contribution in [1.82, 2.24) is 10.6 Å². The zero-order valence-corrected chi connectivity index (χ0v) is 10.2. The highest BCUT2D eigenvalue weighted by Gasteiger charge is 2.25. The van der Waals surface area contributed by atoms with Gasteiger partial charge in [-0.2, -0.15) is 11.8 Å². The maximum absolute atomic E-state index is 11.7. The normalized spacial score (nSPS) is 22.4. The third-order valence-corrected chi connectivity index (χ3v) is 3.49. The summed E-state index contributed by atoms with van der Waals surface area (Å²) in [6, 6.07) is -1.01. The molecule has 0 radical (unpaired) electrons. The molecule has 6 heteroatoms. The SMILES string of the molecule is CCCC(NC(=O)C1CSCCN1)C(=O)O. The van der Waals surface area contributed by atoms with Crippen LogP contribution in [0.2, 0.25) is 0 Å². The highest BCUT2D eigenvalue weighted by molar-refractivity contribution is 7.99. The quantitative estimate of drug-likeness (QED) is 0.639. The predicted molar refractivity (Wildman–Crippen MR) is 63.6 cm³/mol. The summed E-state index contributed by atoms with van der Waals surface area (Å²) in [6.45, 7) is 2.70. The van der Waals surface area contributed by atoms with Gasteiger partial charge in [0.15, 0.2) is 0 Å². The van der Waals surface area contributed by atoms with Crippen molar-refractivity contribution in [3.05, 3.63) is 0 Å². The van der Waals surface area contributed by atoms with E-state index in [9.17, 15) is 9.59 Å². The van der Waals surface area contributed by atoms with Crippen LogP contribution >= 0.6 is 11.8 Å². The summed E-state index contributed by atoms with van der Waals surface area (Å²) in [4.78, 5) is 22.6. The van der Waals surface area contributed by atoms with E-state index in [0.29, 0.717) is 12.2 Å². The number of rotatable bonds is 5. The molecule has 0 bridgehead atoms. The first kappa shape index (κ1) is 13.3. The maximum Gasteiger partial charge on any atom is 0.326 e. The lowest BCUT2D eigenvalue weighted by Gasteiger charge is -2.24. The Labute approximate surface area is 99.4 Å². The number of carbonyl (C=O) groups is 2. The van der Waals surface area contributed by atoms with Crippen molar-refractivity contribution in [3.8, 4) is 0 Å². The summed E-state index contributed by atoms with van der Waals surface area (Å²) in [5, 5.41) is 14.6. The Bertz CT molecular complexity index is 254. The summed E-state index contributed by atoms with van der Waals surface area (Å²) < 4.78 is 0. The minimum Gasteiger partial charge on any atom is -0.480 e. The zero-order chi connectivity index (χ0) is 12.0. The van der Waals surface area contributed by atoms with Crippen molar-refractivity contribution in [2.24, 2.45) is 0 Å². The van der Waals surface area contributed by atoms with Crippen LogP contribution in [0, 0.1) is 0 Å². The molecule has 3 N–H and O–H groups in total. The van der Waals surface area contributed by atoms with Gasteiger partial charge in [0.25, 0.3) is 0 Å². The van der Waals surface area contributed by atoms with E-state index in [2.05, 4.69) is 10.6 Å². The Morgan fingerprint density at radius 3 is 2.88 bits per heavy atom. The van der Waals surface area contributed by atoms with Gasteiger partial charge in [-0.15, -0.1) is 0 Å². The maximum atomic E-state index is 11.7. The minimum atomic E-state index is -0.960. The number of hydrogen-bond acceptors (Lipinski definition) is 4. The van der Waals surface area contributed by atoms with E-state index in [1.165, 1.54) is 0 Å². The number of nitrogens with one attached hydrogen (secondary N) is 2. The van der Waals surface area contributed by atoms with Crippen molar-refractivity contribution in [2.75, 3.05) is 18.1 Å². The van der Waals surface area contributed by atoms with Gasteiger partial charge in [0.2, 0.25) is 5.91 Å². The van der Waals surface area contributed by atoms with Crippen LogP contribution in [0.15, 0.2) is 0 Å². The third-order valence-electron chi connectivity index (χ3n) is 2.43. The molecule has 0 spiro atoms. The van der Waals surface area contributed by atoms with Crippen LogP contribution < -0.4 is 10.6 Å². The van der Waals surface area contributed by atoms with E-state index in [1.54, 1.807) is 11.8 Å². The molecule has 2 atom stereocenters. The molecule has 92 valence electrons. The fourth-order valence-corrected chi connectivity index (χ4v) is 2.49. The second-order valence-corrected chi connectivity index (χ2v) is 4.92. The van der Waals surface area contributed by atoms with Gasteiger partial charge in [-0.05, 0) is 6.42 Å². The first-order chi connectivity index (χ1) is 7.65. The third kappa shape index (κ3) is 4.02. The summed E-state index contributed by atoms with van der Waals surface area (Å²) in [5.41, 5.74) is 0. The molecule has 1 heterocycles. The zero-order valence-electron chi connectivity index (χ0n) is 9.36. The molecule has 0 aliphatic carbocycles. The van der Waals surface area contributed by atoms with Crippen molar-refractivity contribution in [3.63, 3.8) is 0 Å². The average Bonchev–Trinajstić information content (AvgIpc) is 2.29. The number of carboxylic acids is 1. The molecule has 0 aromatic heterocycles. The van der Waals surface area contributed by atoms with E-state index < -0.39 is 12.0 Å². The van der Waals surface area contributed by atoms with Crippen LogP contribution in [-0.2, 0) is 9.59 Å². The lowest BCUT2D eigenvalue weighted by molar-refractivity contribution is -0.142. The first-order valence-electron chi connectivity index (χ1n) is 5.49. The number of amides is 1. The molecule has 0 aromatic carbocycles. The van der Waals surface area contributed by atoms with Gasteiger partial charge in [-0.1, -0.05) is 13.3 Å². The van der Waals surface area contributed by atoms with Gasteiger partial charge in [0, 0.05) is 18.1 Å².